The Labute approximate surface area is 58.4 Å². The first-order valence-corrected chi connectivity index (χ1v) is 3.04. The van der Waals surface area contributed by atoms with Crippen LogP contribution < -0.4 is 5.73 Å². The van der Waals surface area contributed by atoms with Gasteiger partial charge in [0.15, 0.2) is 5.78 Å². The molecule has 0 saturated heterocycles. The van der Waals surface area contributed by atoms with Gasteiger partial charge >= 0.3 is 0 Å². The van der Waals surface area contributed by atoms with E-state index >= 15 is 0 Å². The molecule has 2 N–H and O–H groups in total. The van der Waals surface area contributed by atoms with E-state index in [4.69, 9.17) is 5.73 Å². The molecule has 0 fully saturated rings. The average molecular weight is 151 g/mol. The fourth-order valence-corrected chi connectivity index (χ4v) is 0.509. The highest BCUT2D eigenvalue weighted by Gasteiger charge is 2.25. The first-order valence-electron chi connectivity index (χ1n) is 3.04. The minimum Gasteiger partial charge on any atom is -0.317 e. The molecule has 0 aromatic carbocycles. The zero-order valence-corrected chi connectivity index (χ0v) is 5.97. The van der Waals surface area contributed by atoms with Gasteiger partial charge in [0, 0.05) is 5.92 Å². The fourth-order valence-electron chi connectivity index (χ4n) is 0.509. The second-order valence-electron chi connectivity index (χ2n) is 2.42. The summed E-state index contributed by atoms with van der Waals surface area (Å²) in [5.74, 6) is -1.00. The average Bonchev–Trinajstić information content (AvgIpc) is 1.84. The van der Waals surface area contributed by atoms with Crippen molar-refractivity contribution in [1.82, 2.24) is 0 Å². The Kier molecular flexibility index (Phi) is 3.42. The SMILES string of the molecule is CC(C)C(=O)[C@@H](N)C(F)F. The van der Waals surface area contributed by atoms with Crippen LogP contribution in [0.3, 0.4) is 0 Å². The summed E-state index contributed by atoms with van der Waals surface area (Å²) in [6, 6.07) is -1.61. The molecule has 60 valence electrons. The van der Waals surface area contributed by atoms with Crippen LogP contribution in [0.15, 0.2) is 0 Å². The van der Waals surface area contributed by atoms with Crippen LogP contribution in [0.1, 0.15) is 13.8 Å². The van der Waals surface area contributed by atoms with Crippen molar-refractivity contribution < 1.29 is 13.6 Å². The van der Waals surface area contributed by atoms with Crippen molar-refractivity contribution in [1.29, 1.82) is 0 Å². The summed E-state index contributed by atoms with van der Waals surface area (Å²) < 4.78 is 23.4. The van der Waals surface area contributed by atoms with Crippen LogP contribution >= 0.6 is 0 Å². The topological polar surface area (TPSA) is 43.1 Å². The third kappa shape index (κ3) is 2.39. The molecule has 0 radical (unpaired) electrons. The summed E-state index contributed by atoms with van der Waals surface area (Å²) in [4.78, 5) is 10.7. The van der Waals surface area contributed by atoms with Crippen LogP contribution in [-0.4, -0.2) is 18.3 Å². The molecular formula is C6H11F2NO. The minimum absolute atomic E-state index is 0.413. The Bertz CT molecular complexity index is 125. The molecule has 0 saturated carbocycles. The molecular weight excluding hydrogens is 140 g/mol. The lowest BCUT2D eigenvalue weighted by Gasteiger charge is -2.10. The fraction of sp³-hybridized carbons (Fsp3) is 0.833. The van der Waals surface area contributed by atoms with Crippen molar-refractivity contribution >= 4 is 5.78 Å². The van der Waals surface area contributed by atoms with E-state index in [-0.39, 0.29) is 0 Å². The van der Waals surface area contributed by atoms with Gasteiger partial charge in [0.25, 0.3) is 6.43 Å². The molecule has 0 bridgehead atoms. The van der Waals surface area contributed by atoms with Crippen LogP contribution in [-0.2, 0) is 4.79 Å². The second kappa shape index (κ2) is 3.61. The predicted molar refractivity (Wildman–Crippen MR) is 33.8 cm³/mol. The van der Waals surface area contributed by atoms with E-state index in [1.54, 1.807) is 13.8 Å². The van der Waals surface area contributed by atoms with Gasteiger partial charge in [-0.2, -0.15) is 0 Å². The molecule has 0 aliphatic heterocycles. The second-order valence-corrected chi connectivity index (χ2v) is 2.42. The molecule has 0 aromatic heterocycles. The van der Waals surface area contributed by atoms with E-state index in [9.17, 15) is 13.6 Å². The number of ketones is 1. The minimum atomic E-state index is -2.74. The van der Waals surface area contributed by atoms with Gasteiger partial charge in [-0.25, -0.2) is 8.78 Å². The summed E-state index contributed by atoms with van der Waals surface area (Å²) in [6.07, 6.45) is -2.74. The largest absolute Gasteiger partial charge is 0.317 e. The number of hydrogen-bond donors (Lipinski definition) is 1. The number of rotatable bonds is 3. The standard InChI is InChI=1S/C6H11F2NO/c1-3(2)5(10)4(9)6(7)8/h3-4,6H,9H2,1-2H3/t4-/m1/s1. The van der Waals surface area contributed by atoms with Crippen LogP contribution in [0.2, 0.25) is 0 Å². The maximum absolute atomic E-state index is 11.7. The zero-order chi connectivity index (χ0) is 8.31. The van der Waals surface area contributed by atoms with E-state index in [0.29, 0.717) is 0 Å². The summed E-state index contributed by atoms with van der Waals surface area (Å²) in [5, 5.41) is 0. The lowest BCUT2D eigenvalue weighted by Crippen LogP contribution is -2.39. The number of carbonyl (C=O) groups excluding carboxylic acids is 1. The highest BCUT2D eigenvalue weighted by molar-refractivity contribution is 5.85. The first kappa shape index (κ1) is 9.49. The Hall–Kier alpha value is -0.510. The van der Waals surface area contributed by atoms with Crippen LogP contribution in [0.4, 0.5) is 8.78 Å². The van der Waals surface area contributed by atoms with Crippen molar-refractivity contribution in [2.75, 3.05) is 0 Å². The molecule has 0 rings (SSSR count). The van der Waals surface area contributed by atoms with Gasteiger partial charge in [-0.1, -0.05) is 13.8 Å². The van der Waals surface area contributed by atoms with Gasteiger partial charge in [-0.05, 0) is 0 Å². The number of nitrogens with two attached hydrogens (primary N) is 1. The zero-order valence-electron chi connectivity index (χ0n) is 5.97. The molecule has 0 amide bonds. The van der Waals surface area contributed by atoms with Crippen LogP contribution in [0.5, 0.6) is 0 Å². The van der Waals surface area contributed by atoms with Crippen LogP contribution in [0, 0.1) is 5.92 Å². The first-order chi connectivity index (χ1) is 4.46. The Morgan fingerprint density at radius 2 is 1.80 bits per heavy atom. The lowest BCUT2D eigenvalue weighted by molar-refractivity contribution is -0.126. The van der Waals surface area contributed by atoms with Crippen molar-refractivity contribution in [2.24, 2.45) is 11.7 Å². The Balaban J connectivity index is 3.95. The van der Waals surface area contributed by atoms with Crippen molar-refractivity contribution in [2.45, 2.75) is 26.3 Å². The van der Waals surface area contributed by atoms with Crippen molar-refractivity contribution in [3.05, 3.63) is 0 Å². The predicted octanol–water partition coefficient (Wildman–Crippen LogP) is 0.804. The molecule has 1 atom stereocenters. The highest BCUT2D eigenvalue weighted by Crippen LogP contribution is 2.05. The molecule has 0 heterocycles. The Morgan fingerprint density at radius 3 is 1.90 bits per heavy atom. The third-order valence-corrected chi connectivity index (χ3v) is 1.17. The van der Waals surface area contributed by atoms with E-state index in [1.165, 1.54) is 0 Å². The maximum atomic E-state index is 11.7. The van der Waals surface area contributed by atoms with Gasteiger partial charge in [0.1, 0.15) is 6.04 Å². The van der Waals surface area contributed by atoms with E-state index < -0.39 is 24.2 Å². The van der Waals surface area contributed by atoms with Crippen molar-refractivity contribution in [3.63, 3.8) is 0 Å². The molecule has 4 heteroatoms. The number of carbonyl (C=O) groups is 1. The maximum Gasteiger partial charge on any atom is 0.260 e. The number of alkyl halides is 2. The van der Waals surface area contributed by atoms with E-state index in [2.05, 4.69) is 0 Å². The van der Waals surface area contributed by atoms with E-state index in [1.807, 2.05) is 0 Å². The van der Waals surface area contributed by atoms with E-state index in [0.717, 1.165) is 0 Å². The summed E-state index contributed by atoms with van der Waals surface area (Å²) >= 11 is 0. The number of hydrogen-bond acceptors (Lipinski definition) is 2. The quantitative estimate of drug-likeness (QED) is 0.648. The van der Waals surface area contributed by atoms with Gasteiger partial charge in [-0.15, -0.1) is 0 Å². The monoisotopic (exact) mass is 151 g/mol. The molecule has 0 unspecified atom stereocenters. The lowest BCUT2D eigenvalue weighted by atomic mass is 10.0. The van der Waals surface area contributed by atoms with Crippen molar-refractivity contribution in [3.8, 4) is 0 Å². The van der Waals surface area contributed by atoms with Gasteiger partial charge in [-0.3, -0.25) is 4.79 Å². The summed E-state index contributed by atoms with van der Waals surface area (Å²) in [7, 11) is 0. The summed E-state index contributed by atoms with van der Waals surface area (Å²) in [6.45, 7) is 3.09. The molecule has 0 spiro atoms. The van der Waals surface area contributed by atoms with Gasteiger partial charge in [0.05, 0.1) is 0 Å². The Morgan fingerprint density at radius 1 is 1.40 bits per heavy atom. The smallest absolute Gasteiger partial charge is 0.260 e. The summed E-state index contributed by atoms with van der Waals surface area (Å²) in [5.41, 5.74) is 4.86. The van der Waals surface area contributed by atoms with Crippen LogP contribution in [0.25, 0.3) is 0 Å². The number of Topliss-reactive ketones (excluding diaryl/α,β-unsaturated/α-hetero) is 1. The molecule has 0 aromatic rings. The normalized spacial score (nSPS) is 14.3. The van der Waals surface area contributed by atoms with Gasteiger partial charge in [0.2, 0.25) is 0 Å². The van der Waals surface area contributed by atoms with Gasteiger partial charge < -0.3 is 5.73 Å². The third-order valence-electron chi connectivity index (χ3n) is 1.17. The molecule has 10 heavy (non-hydrogen) atoms. The molecule has 0 aliphatic rings. The molecule has 2 nitrogen and oxygen atoms in total. The number of halogens is 2. The molecule has 0 aliphatic carbocycles. The highest BCUT2D eigenvalue weighted by atomic mass is 19.3.